The van der Waals surface area contributed by atoms with Crippen molar-refractivity contribution in [3.63, 3.8) is 0 Å². The molecule has 2 fully saturated rings. The third kappa shape index (κ3) is 3.13. The fraction of sp³-hybridized carbons (Fsp3) is 0.611. The van der Waals surface area contributed by atoms with Crippen molar-refractivity contribution in [1.29, 1.82) is 0 Å². The molecule has 114 valence electrons. The number of likely N-dealkylation sites (tertiary alicyclic amines) is 1. The van der Waals surface area contributed by atoms with E-state index in [9.17, 15) is 4.79 Å². The van der Waals surface area contributed by atoms with Crippen LogP contribution in [0.5, 0.6) is 0 Å². The second-order valence-corrected chi connectivity index (χ2v) is 6.77. The molecule has 0 bridgehead atoms. The van der Waals surface area contributed by atoms with Crippen molar-refractivity contribution in [2.45, 2.75) is 51.0 Å². The lowest BCUT2D eigenvalue weighted by Crippen LogP contribution is -2.46. The molecule has 1 aliphatic carbocycles. The summed E-state index contributed by atoms with van der Waals surface area (Å²) in [7, 11) is 0. The second kappa shape index (κ2) is 6.18. The molecule has 1 spiro atoms. The first-order valence-corrected chi connectivity index (χ1v) is 8.30. The molecule has 3 rings (SSSR count). The number of amides is 1. The molecule has 1 aliphatic heterocycles. The Kier molecular flexibility index (Phi) is 4.29. The van der Waals surface area contributed by atoms with Gasteiger partial charge in [-0.05, 0) is 36.7 Å². The van der Waals surface area contributed by atoms with Gasteiger partial charge >= 0.3 is 0 Å². The minimum atomic E-state index is -0.508. The molecule has 1 heterocycles. The van der Waals surface area contributed by atoms with Crippen LogP contribution in [0.4, 0.5) is 0 Å². The summed E-state index contributed by atoms with van der Waals surface area (Å²) in [6.07, 6.45) is 9.19. The average Bonchev–Trinajstić information content (AvgIpc) is 2.56. The number of carbonyl (C=O) groups is 1. The quantitative estimate of drug-likeness (QED) is 0.907. The third-order valence-electron chi connectivity index (χ3n) is 5.47. The molecular weight excluding hydrogens is 260 g/mol. The van der Waals surface area contributed by atoms with Gasteiger partial charge in [0.25, 0.3) is 0 Å². The van der Waals surface area contributed by atoms with E-state index in [2.05, 4.69) is 0 Å². The van der Waals surface area contributed by atoms with Gasteiger partial charge in [0.1, 0.15) is 6.04 Å². The van der Waals surface area contributed by atoms with Crippen LogP contribution in [0, 0.1) is 5.41 Å². The molecule has 2 aliphatic rings. The van der Waals surface area contributed by atoms with Gasteiger partial charge in [0.2, 0.25) is 5.91 Å². The molecule has 1 atom stereocenters. The lowest BCUT2D eigenvalue weighted by Gasteiger charge is -2.44. The summed E-state index contributed by atoms with van der Waals surface area (Å²) in [5.41, 5.74) is 7.60. The SMILES string of the molecule is NC(C(=O)N1CCC2(CCCCC2)CC1)c1ccccc1. The molecule has 1 amide bonds. The van der Waals surface area contributed by atoms with Gasteiger partial charge < -0.3 is 10.6 Å². The van der Waals surface area contributed by atoms with Crippen molar-refractivity contribution >= 4 is 5.91 Å². The summed E-state index contributed by atoms with van der Waals surface area (Å²) in [5, 5.41) is 0. The van der Waals surface area contributed by atoms with Crippen LogP contribution in [-0.2, 0) is 4.79 Å². The molecular formula is C18H26N2O. The topological polar surface area (TPSA) is 46.3 Å². The van der Waals surface area contributed by atoms with Crippen molar-refractivity contribution in [3.8, 4) is 0 Å². The highest BCUT2D eigenvalue weighted by Crippen LogP contribution is 2.44. The largest absolute Gasteiger partial charge is 0.341 e. The van der Waals surface area contributed by atoms with Gasteiger partial charge in [-0.2, -0.15) is 0 Å². The van der Waals surface area contributed by atoms with Gasteiger partial charge in [-0.25, -0.2) is 0 Å². The molecule has 1 aromatic carbocycles. The Labute approximate surface area is 127 Å². The normalized spacial score (nSPS) is 23.0. The molecule has 21 heavy (non-hydrogen) atoms. The van der Waals surface area contributed by atoms with Crippen molar-refractivity contribution < 1.29 is 4.79 Å². The van der Waals surface area contributed by atoms with Gasteiger partial charge in [-0.1, -0.05) is 49.6 Å². The molecule has 0 aromatic heterocycles. The predicted molar refractivity (Wildman–Crippen MR) is 84.7 cm³/mol. The molecule has 2 N–H and O–H groups in total. The number of benzene rings is 1. The van der Waals surface area contributed by atoms with Crippen LogP contribution in [0.1, 0.15) is 56.6 Å². The van der Waals surface area contributed by atoms with Crippen LogP contribution in [0.3, 0.4) is 0 Å². The van der Waals surface area contributed by atoms with Crippen molar-refractivity contribution in [2.24, 2.45) is 11.1 Å². The minimum Gasteiger partial charge on any atom is -0.341 e. The first-order chi connectivity index (χ1) is 10.2. The highest BCUT2D eigenvalue weighted by molar-refractivity contribution is 5.83. The first kappa shape index (κ1) is 14.6. The van der Waals surface area contributed by atoms with Crippen molar-refractivity contribution in [2.75, 3.05) is 13.1 Å². The summed E-state index contributed by atoms with van der Waals surface area (Å²) in [5.74, 6) is 0.0897. The van der Waals surface area contributed by atoms with Gasteiger partial charge in [-0.3, -0.25) is 4.79 Å². The number of hydrogen-bond donors (Lipinski definition) is 1. The fourth-order valence-corrected chi connectivity index (χ4v) is 4.00. The lowest BCUT2D eigenvalue weighted by atomic mass is 9.68. The highest BCUT2D eigenvalue weighted by atomic mass is 16.2. The molecule has 1 saturated heterocycles. The van der Waals surface area contributed by atoms with E-state index in [1.54, 1.807) is 0 Å². The van der Waals surface area contributed by atoms with E-state index in [4.69, 9.17) is 5.73 Å². The Morgan fingerprint density at radius 1 is 1.00 bits per heavy atom. The lowest BCUT2D eigenvalue weighted by molar-refractivity contribution is -0.135. The zero-order chi connectivity index (χ0) is 14.7. The number of hydrogen-bond acceptors (Lipinski definition) is 2. The Morgan fingerprint density at radius 3 is 2.24 bits per heavy atom. The van der Waals surface area contributed by atoms with Gasteiger partial charge in [-0.15, -0.1) is 0 Å². The summed E-state index contributed by atoms with van der Waals surface area (Å²) in [6.45, 7) is 1.78. The first-order valence-electron chi connectivity index (χ1n) is 8.30. The van der Waals surface area contributed by atoms with E-state index in [-0.39, 0.29) is 5.91 Å². The zero-order valence-electron chi connectivity index (χ0n) is 12.8. The van der Waals surface area contributed by atoms with E-state index in [0.717, 1.165) is 18.7 Å². The van der Waals surface area contributed by atoms with Crippen LogP contribution in [0.25, 0.3) is 0 Å². The molecule has 3 heteroatoms. The monoisotopic (exact) mass is 286 g/mol. The predicted octanol–water partition coefficient (Wildman–Crippen LogP) is 3.26. The number of nitrogens with zero attached hydrogens (tertiary/aromatic N) is 1. The van der Waals surface area contributed by atoms with Gasteiger partial charge in [0.05, 0.1) is 0 Å². The summed E-state index contributed by atoms with van der Waals surface area (Å²) in [4.78, 5) is 14.6. The van der Waals surface area contributed by atoms with Crippen LogP contribution in [-0.4, -0.2) is 23.9 Å². The summed E-state index contributed by atoms with van der Waals surface area (Å²) >= 11 is 0. The maximum absolute atomic E-state index is 12.6. The number of carbonyl (C=O) groups excluding carboxylic acids is 1. The maximum atomic E-state index is 12.6. The van der Waals surface area contributed by atoms with Crippen molar-refractivity contribution in [3.05, 3.63) is 35.9 Å². The minimum absolute atomic E-state index is 0.0897. The second-order valence-electron chi connectivity index (χ2n) is 6.77. The Bertz CT molecular complexity index is 469. The van der Waals surface area contributed by atoms with Crippen LogP contribution in [0.15, 0.2) is 30.3 Å². The van der Waals surface area contributed by atoms with Crippen LogP contribution < -0.4 is 5.73 Å². The third-order valence-corrected chi connectivity index (χ3v) is 5.47. The van der Waals surface area contributed by atoms with Gasteiger partial charge in [0, 0.05) is 13.1 Å². The smallest absolute Gasteiger partial charge is 0.244 e. The Hall–Kier alpha value is -1.35. The molecule has 1 aromatic rings. The molecule has 1 unspecified atom stereocenters. The van der Waals surface area contributed by atoms with E-state index < -0.39 is 6.04 Å². The Morgan fingerprint density at radius 2 is 1.62 bits per heavy atom. The van der Waals surface area contributed by atoms with E-state index in [1.807, 2.05) is 35.2 Å². The van der Waals surface area contributed by atoms with Crippen LogP contribution in [0.2, 0.25) is 0 Å². The Balaban J connectivity index is 1.60. The molecule has 0 radical (unpaired) electrons. The molecule has 1 saturated carbocycles. The van der Waals surface area contributed by atoms with E-state index >= 15 is 0 Å². The van der Waals surface area contributed by atoms with Crippen molar-refractivity contribution in [1.82, 2.24) is 4.90 Å². The van der Waals surface area contributed by atoms with Crippen LogP contribution >= 0.6 is 0 Å². The summed E-state index contributed by atoms with van der Waals surface area (Å²) < 4.78 is 0. The zero-order valence-corrected chi connectivity index (χ0v) is 12.8. The van der Waals surface area contributed by atoms with Gasteiger partial charge in [0.15, 0.2) is 0 Å². The number of nitrogens with two attached hydrogens (primary N) is 1. The van der Waals surface area contributed by atoms with E-state index in [1.165, 1.54) is 44.9 Å². The average molecular weight is 286 g/mol. The number of piperidine rings is 1. The summed E-state index contributed by atoms with van der Waals surface area (Å²) in [6, 6.07) is 9.20. The molecule has 3 nitrogen and oxygen atoms in total. The van der Waals surface area contributed by atoms with E-state index in [0.29, 0.717) is 5.41 Å². The highest BCUT2D eigenvalue weighted by Gasteiger charge is 2.37. The maximum Gasteiger partial charge on any atom is 0.244 e. The number of rotatable bonds is 2. The fourth-order valence-electron chi connectivity index (χ4n) is 4.00. The standard InChI is InChI=1S/C18H26N2O/c19-16(15-7-3-1-4-8-15)17(21)20-13-11-18(12-14-20)9-5-2-6-10-18/h1,3-4,7-8,16H,2,5-6,9-14,19H2.